The minimum Gasteiger partial charge on any atom is -0.497 e. The predicted molar refractivity (Wildman–Crippen MR) is 94.0 cm³/mol. The second-order valence-corrected chi connectivity index (χ2v) is 8.08. The lowest BCUT2D eigenvalue weighted by Crippen LogP contribution is -2.46. The van der Waals surface area contributed by atoms with E-state index in [0.29, 0.717) is 24.4 Å². The Bertz CT molecular complexity index is 722. The van der Waals surface area contributed by atoms with Crippen LogP contribution in [0.25, 0.3) is 5.76 Å². The van der Waals surface area contributed by atoms with E-state index in [0.717, 1.165) is 35.3 Å². The molecule has 4 aliphatic carbocycles. The van der Waals surface area contributed by atoms with Crippen LogP contribution in [0.1, 0.15) is 24.8 Å². The molecule has 0 radical (unpaired) electrons. The molecular weight excluding hydrogens is 316 g/mol. The van der Waals surface area contributed by atoms with Crippen LogP contribution in [0.2, 0.25) is 0 Å². The summed E-state index contributed by atoms with van der Waals surface area (Å²) in [6.45, 7) is 0.594. The van der Waals surface area contributed by atoms with Gasteiger partial charge in [0.25, 0.3) is 0 Å². The summed E-state index contributed by atoms with van der Waals surface area (Å²) in [5.41, 5.74) is 2.67. The summed E-state index contributed by atoms with van der Waals surface area (Å²) in [5.74, 6) is 5.28. The minimum absolute atomic E-state index is 0.0301. The van der Waals surface area contributed by atoms with Gasteiger partial charge in [-0.05, 0) is 66.6 Å². The number of ether oxygens (including phenoxy) is 3. The topological polar surface area (TPSA) is 47.9 Å². The first-order valence-corrected chi connectivity index (χ1v) is 9.39. The van der Waals surface area contributed by atoms with Crippen LogP contribution in [0.5, 0.6) is 5.75 Å². The van der Waals surface area contributed by atoms with E-state index >= 15 is 0 Å². The van der Waals surface area contributed by atoms with Gasteiger partial charge < -0.3 is 19.3 Å². The Hall–Kier alpha value is -1.52. The summed E-state index contributed by atoms with van der Waals surface area (Å²) in [6, 6.07) is 8.20. The molecule has 25 heavy (non-hydrogen) atoms. The largest absolute Gasteiger partial charge is 0.497 e. The van der Waals surface area contributed by atoms with Crippen molar-refractivity contribution in [1.82, 2.24) is 0 Å². The van der Waals surface area contributed by atoms with Gasteiger partial charge in [0.15, 0.2) is 0 Å². The summed E-state index contributed by atoms with van der Waals surface area (Å²) < 4.78 is 17.6. The van der Waals surface area contributed by atoms with Gasteiger partial charge in [0.1, 0.15) is 11.5 Å². The van der Waals surface area contributed by atoms with Crippen molar-refractivity contribution in [3.63, 3.8) is 0 Å². The van der Waals surface area contributed by atoms with Gasteiger partial charge in [-0.1, -0.05) is 12.1 Å². The van der Waals surface area contributed by atoms with Gasteiger partial charge in [0.2, 0.25) is 0 Å². The molecule has 4 heteroatoms. The highest BCUT2D eigenvalue weighted by atomic mass is 16.5. The Balaban J connectivity index is 1.53. The number of benzene rings is 1. The van der Waals surface area contributed by atoms with Gasteiger partial charge in [-0.3, -0.25) is 0 Å². The smallest absolute Gasteiger partial charge is 0.125 e. The first kappa shape index (κ1) is 15.7. The number of allylic oxidation sites excluding steroid dienone is 1. The standard InChI is InChI=1S/C21H26O4/c1-23-14-5-3-4-12(8-14)20(24-2)18-15-9-13-10-21(25-7-6-22)11-16(18)17(13)19(15)21/h3-5,8,13,15-17,19,22H,6-7,9-11H2,1-2H3/b20-18+. The van der Waals surface area contributed by atoms with Gasteiger partial charge in [-0.25, -0.2) is 0 Å². The normalized spacial score (nSPS) is 41.6. The van der Waals surface area contributed by atoms with Crippen molar-refractivity contribution in [3.8, 4) is 5.75 Å². The highest BCUT2D eigenvalue weighted by molar-refractivity contribution is 5.67. The molecule has 1 N–H and O–H groups in total. The first-order chi connectivity index (χ1) is 12.2. The Morgan fingerprint density at radius 1 is 1.24 bits per heavy atom. The van der Waals surface area contributed by atoms with Crippen LogP contribution < -0.4 is 4.74 Å². The van der Waals surface area contributed by atoms with Crippen molar-refractivity contribution in [3.05, 3.63) is 35.4 Å². The monoisotopic (exact) mass is 342 g/mol. The third kappa shape index (κ3) is 1.95. The SMILES string of the molecule is CO/C(=C1/C2CC3(OCCO)CC4CC1C3C42)c1cccc(OC)c1. The van der Waals surface area contributed by atoms with E-state index in [1.54, 1.807) is 14.2 Å². The van der Waals surface area contributed by atoms with E-state index in [-0.39, 0.29) is 12.2 Å². The van der Waals surface area contributed by atoms with E-state index in [4.69, 9.17) is 14.2 Å². The second-order valence-electron chi connectivity index (χ2n) is 8.08. The summed E-state index contributed by atoms with van der Waals surface area (Å²) in [6.07, 6.45) is 3.58. The number of aliphatic hydroxyl groups is 1. The fourth-order valence-electron chi connectivity index (χ4n) is 6.89. The van der Waals surface area contributed by atoms with E-state index in [2.05, 4.69) is 12.1 Å². The highest BCUT2D eigenvalue weighted by Gasteiger charge is 2.75. The Morgan fingerprint density at radius 3 is 2.84 bits per heavy atom. The molecule has 0 saturated heterocycles. The average molecular weight is 342 g/mol. The molecule has 6 unspecified atom stereocenters. The number of hydrogen-bond acceptors (Lipinski definition) is 4. The molecule has 0 aliphatic heterocycles. The number of rotatable bonds is 6. The molecule has 6 bridgehead atoms. The zero-order valence-corrected chi connectivity index (χ0v) is 14.9. The van der Waals surface area contributed by atoms with Crippen molar-refractivity contribution in [2.24, 2.45) is 29.6 Å². The Kier molecular flexibility index (Phi) is 3.45. The molecule has 0 aromatic heterocycles. The molecule has 4 aliphatic rings. The Labute approximate surface area is 148 Å². The van der Waals surface area contributed by atoms with Crippen LogP contribution in [0.3, 0.4) is 0 Å². The lowest BCUT2D eigenvalue weighted by atomic mass is 9.63. The van der Waals surface area contributed by atoms with Crippen molar-refractivity contribution in [2.45, 2.75) is 24.9 Å². The van der Waals surface area contributed by atoms with Gasteiger partial charge in [0.05, 0.1) is 33.0 Å². The molecule has 1 aromatic carbocycles. The third-order valence-corrected chi connectivity index (χ3v) is 7.27. The lowest BCUT2D eigenvalue weighted by Gasteiger charge is -2.47. The maximum atomic E-state index is 9.21. The number of aliphatic hydroxyl groups excluding tert-OH is 1. The first-order valence-electron chi connectivity index (χ1n) is 9.39. The van der Waals surface area contributed by atoms with Crippen molar-refractivity contribution in [1.29, 1.82) is 0 Å². The lowest BCUT2D eigenvalue weighted by molar-refractivity contribution is -0.110. The van der Waals surface area contributed by atoms with Crippen LogP contribution in [-0.4, -0.2) is 38.1 Å². The van der Waals surface area contributed by atoms with Crippen LogP contribution in [0.15, 0.2) is 29.8 Å². The molecule has 0 amide bonds. The molecule has 4 saturated carbocycles. The predicted octanol–water partition coefficient (Wildman–Crippen LogP) is 3.11. The molecule has 0 heterocycles. The second kappa shape index (κ2) is 5.49. The molecule has 6 atom stereocenters. The number of hydrogen-bond donors (Lipinski definition) is 1. The van der Waals surface area contributed by atoms with E-state index in [1.807, 2.05) is 12.1 Å². The van der Waals surface area contributed by atoms with Crippen molar-refractivity contribution < 1.29 is 19.3 Å². The maximum Gasteiger partial charge on any atom is 0.125 e. The van der Waals surface area contributed by atoms with Crippen LogP contribution in [-0.2, 0) is 9.47 Å². The summed E-state index contributed by atoms with van der Waals surface area (Å²) >= 11 is 0. The van der Waals surface area contributed by atoms with Gasteiger partial charge in [0, 0.05) is 5.56 Å². The molecule has 0 spiro atoms. The molecular formula is C21H26O4. The van der Waals surface area contributed by atoms with E-state index < -0.39 is 0 Å². The van der Waals surface area contributed by atoms with Crippen molar-refractivity contribution >= 4 is 5.76 Å². The van der Waals surface area contributed by atoms with E-state index in [9.17, 15) is 5.11 Å². The number of methoxy groups -OCH3 is 2. The summed E-state index contributed by atoms with van der Waals surface area (Å²) in [5, 5.41) is 9.21. The highest BCUT2D eigenvalue weighted by Crippen LogP contribution is 2.77. The maximum absolute atomic E-state index is 9.21. The zero-order chi connectivity index (χ0) is 17.2. The van der Waals surface area contributed by atoms with Crippen LogP contribution in [0.4, 0.5) is 0 Å². The molecule has 4 fully saturated rings. The summed E-state index contributed by atoms with van der Waals surface area (Å²) in [4.78, 5) is 0. The van der Waals surface area contributed by atoms with Crippen LogP contribution in [0, 0.1) is 29.6 Å². The molecule has 1 aromatic rings. The van der Waals surface area contributed by atoms with Gasteiger partial charge in [-0.15, -0.1) is 0 Å². The fraction of sp³-hybridized carbons (Fsp3) is 0.619. The average Bonchev–Trinajstić information content (AvgIpc) is 3.34. The van der Waals surface area contributed by atoms with Crippen LogP contribution >= 0.6 is 0 Å². The van der Waals surface area contributed by atoms with Gasteiger partial charge in [-0.2, -0.15) is 0 Å². The molecule has 134 valence electrons. The summed E-state index contributed by atoms with van der Waals surface area (Å²) in [7, 11) is 3.49. The Morgan fingerprint density at radius 2 is 2.12 bits per heavy atom. The minimum atomic E-state index is 0.0301. The molecule has 5 rings (SSSR count). The molecule has 4 nitrogen and oxygen atoms in total. The fourth-order valence-corrected chi connectivity index (χ4v) is 6.89. The third-order valence-electron chi connectivity index (χ3n) is 7.27. The van der Waals surface area contributed by atoms with E-state index in [1.165, 1.54) is 18.4 Å². The van der Waals surface area contributed by atoms with Gasteiger partial charge >= 0.3 is 0 Å². The zero-order valence-electron chi connectivity index (χ0n) is 14.9. The quantitative estimate of drug-likeness (QED) is 0.807. The van der Waals surface area contributed by atoms with Crippen molar-refractivity contribution in [2.75, 3.05) is 27.4 Å².